The molecule has 1 atom stereocenters. The molecule has 0 saturated carbocycles. The van der Waals surface area contributed by atoms with Crippen LogP contribution in [0.3, 0.4) is 0 Å². The largest absolute Gasteiger partial charge is 0.207 e. The molecule has 1 aromatic rings. The van der Waals surface area contributed by atoms with E-state index < -0.39 is 11.6 Å². The Morgan fingerprint density at radius 3 is 2.40 bits per heavy atom. The standard InChI is InChI=1S/C13H18F2/c1-4-6-10(5-2)12-7-11(14)8-13(15)9(12)3/h7-8,10H,4-6H2,1-3H3. The number of benzene rings is 1. The molecule has 0 spiro atoms. The molecular formula is C13H18F2. The average Bonchev–Trinajstić information content (AvgIpc) is 2.20. The second kappa shape index (κ2) is 5.24. The predicted octanol–water partition coefficient (Wildman–Crippen LogP) is 4.57. The van der Waals surface area contributed by atoms with Crippen molar-refractivity contribution in [2.45, 2.75) is 46.0 Å². The van der Waals surface area contributed by atoms with Gasteiger partial charge >= 0.3 is 0 Å². The van der Waals surface area contributed by atoms with Crippen molar-refractivity contribution >= 4 is 0 Å². The van der Waals surface area contributed by atoms with Crippen LogP contribution in [0.2, 0.25) is 0 Å². The highest BCUT2D eigenvalue weighted by molar-refractivity contribution is 5.31. The van der Waals surface area contributed by atoms with Crippen LogP contribution >= 0.6 is 0 Å². The van der Waals surface area contributed by atoms with Gasteiger partial charge in [0.05, 0.1) is 0 Å². The maximum Gasteiger partial charge on any atom is 0.129 e. The van der Waals surface area contributed by atoms with Gasteiger partial charge in [-0.15, -0.1) is 0 Å². The molecule has 0 aliphatic heterocycles. The number of hydrogen-bond donors (Lipinski definition) is 0. The molecule has 1 rings (SSSR count). The quantitative estimate of drug-likeness (QED) is 0.686. The lowest BCUT2D eigenvalue weighted by atomic mass is 9.89. The summed E-state index contributed by atoms with van der Waals surface area (Å²) in [5.74, 6) is -0.623. The third kappa shape index (κ3) is 2.77. The lowest BCUT2D eigenvalue weighted by molar-refractivity contribution is 0.547. The van der Waals surface area contributed by atoms with E-state index in [9.17, 15) is 8.78 Å². The zero-order chi connectivity index (χ0) is 11.4. The van der Waals surface area contributed by atoms with Crippen molar-refractivity contribution in [3.63, 3.8) is 0 Å². The van der Waals surface area contributed by atoms with Crippen LogP contribution in [0.4, 0.5) is 8.78 Å². The molecule has 15 heavy (non-hydrogen) atoms. The SMILES string of the molecule is CCCC(CC)c1cc(F)cc(F)c1C. The fourth-order valence-electron chi connectivity index (χ4n) is 2.02. The van der Waals surface area contributed by atoms with Crippen LogP contribution in [0.1, 0.15) is 50.2 Å². The molecular weight excluding hydrogens is 194 g/mol. The smallest absolute Gasteiger partial charge is 0.129 e. The van der Waals surface area contributed by atoms with Gasteiger partial charge in [0, 0.05) is 6.07 Å². The predicted molar refractivity (Wildman–Crippen MR) is 59.0 cm³/mol. The van der Waals surface area contributed by atoms with Crippen molar-refractivity contribution in [2.24, 2.45) is 0 Å². The van der Waals surface area contributed by atoms with Gasteiger partial charge in [0.25, 0.3) is 0 Å². The highest BCUT2D eigenvalue weighted by atomic mass is 19.1. The molecule has 1 aromatic carbocycles. The monoisotopic (exact) mass is 212 g/mol. The van der Waals surface area contributed by atoms with Crippen molar-refractivity contribution in [3.05, 3.63) is 34.9 Å². The Morgan fingerprint density at radius 2 is 1.87 bits per heavy atom. The zero-order valence-corrected chi connectivity index (χ0v) is 9.61. The molecule has 0 heterocycles. The Labute approximate surface area is 90.3 Å². The van der Waals surface area contributed by atoms with Gasteiger partial charge in [0.1, 0.15) is 11.6 Å². The first-order valence-corrected chi connectivity index (χ1v) is 5.55. The van der Waals surface area contributed by atoms with Gasteiger partial charge in [-0.3, -0.25) is 0 Å². The van der Waals surface area contributed by atoms with Crippen LogP contribution in [-0.2, 0) is 0 Å². The van der Waals surface area contributed by atoms with Crippen molar-refractivity contribution in [2.75, 3.05) is 0 Å². The van der Waals surface area contributed by atoms with Gasteiger partial charge in [-0.05, 0) is 42.9 Å². The Morgan fingerprint density at radius 1 is 1.20 bits per heavy atom. The number of halogens is 2. The first-order valence-electron chi connectivity index (χ1n) is 5.55. The number of rotatable bonds is 4. The van der Waals surface area contributed by atoms with Gasteiger partial charge < -0.3 is 0 Å². The van der Waals surface area contributed by atoms with E-state index >= 15 is 0 Å². The maximum absolute atomic E-state index is 13.3. The Kier molecular flexibility index (Phi) is 4.25. The fourth-order valence-corrected chi connectivity index (χ4v) is 2.02. The van der Waals surface area contributed by atoms with E-state index in [0.29, 0.717) is 5.56 Å². The second-order valence-corrected chi connectivity index (χ2v) is 4.00. The van der Waals surface area contributed by atoms with E-state index in [1.54, 1.807) is 6.92 Å². The van der Waals surface area contributed by atoms with E-state index in [1.807, 2.05) is 0 Å². The molecule has 0 aliphatic rings. The van der Waals surface area contributed by atoms with Crippen molar-refractivity contribution in [1.29, 1.82) is 0 Å². The second-order valence-electron chi connectivity index (χ2n) is 4.00. The molecule has 0 aromatic heterocycles. The topological polar surface area (TPSA) is 0 Å². The van der Waals surface area contributed by atoms with Crippen LogP contribution in [0.5, 0.6) is 0 Å². The summed E-state index contributed by atoms with van der Waals surface area (Å²) in [4.78, 5) is 0. The molecule has 1 unspecified atom stereocenters. The van der Waals surface area contributed by atoms with Crippen molar-refractivity contribution in [1.82, 2.24) is 0 Å². The molecule has 84 valence electrons. The van der Waals surface area contributed by atoms with Crippen LogP contribution in [0.25, 0.3) is 0 Å². The minimum Gasteiger partial charge on any atom is -0.207 e. The summed E-state index contributed by atoms with van der Waals surface area (Å²) in [6, 6.07) is 2.43. The molecule has 0 nitrogen and oxygen atoms in total. The molecule has 0 N–H and O–H groups in total. The van der Waals surface area contributed by atoms with Crippen LogP contribution in [0.15, 0.2) is 12.1 Å². The highest BCUT2D eigenvalue weighted by Crippen LogP contribution is 2.29. The average molecular weight is 212 g/mol. The Hall–Kier alpha value is -0.920. The van der Waals surface area contributed by atoms with Crippen LogP contribution in [-0.4, -0.2) is 0 Å². The summed E-state index contributed by atoms with van der Waals surface area (Å²) in [7, 11) is 0. The first-order chi connectivity index (χ1) is 7.10. The minimum absolute atomic E-state index is 0.278. The lowest BCUT2D eigenvalue weighted by Gasteiger charge is -2.17. The van der Waals surface area contributed by atoms with Crippen LogP contribution in [0, 0.1) is 18.6 Å². The van der Waals surface area contributed by atoms with Gasteiger partial charge in [-0.25, -0.2) is 8.78 Å². The molecule has 0 aliphatic carbocycles. The third-order valence-electron chi connectivity index (χ3n) is 2.92. The molecule has 0 saturated heterocycles. The Bertz CT molecular complexity index is 332. The zero-order valence-electron chi connectivity index (χ0n) is 9.61. The van der Waals surface area contributed by atoms with Gasteiger partial charge in [0.2, 0.25) is 0 Å². The van der Waals surface area contributed by atoms with Gasteiger partial charge in [0.15, 0.2) is 0 Å². The van der Waals surface area contributed by atoms with Crippen molar-refractivity contribution in [3.8, 4) is 0 Å². The third-order valence-corrected chi connectivity index (χ3v) is 2.92. The van der Waals surface area contributed by atoms with E-state index in [-0.39, 0.29) is 5.92 Å². The Balaban J connectivity index is 3.10. The minimum atomic E-state index is -0.470. The normalized spacial score (nSPS) is 12.9. The molecule has 0 fully saturated rings. The molecule has 2 heteroatoms. The maximum atomic E-state index is 13.3. The van der Waals surface area contributed by atoms with E-state index in [4.69, 9.17) is 0 Å². The summed E-state index contributed by atoms with van der Waals surface area (Å²) < 4.78 is 26.4. The summed E-state index contributed by atoms with van der Waals surface area (Å²) in [6.45, 7) is 5.87. The lowest BCUT2D eigenvalue weighted by Crippen LogP contribution is -2.02. The summed E-state index contributed by atoms with van der Waals surface area (Å²) >= 11 is 0. The van der Waals surface area contributed by atoms with E-state index in [2.05, 4.69) is 13.8 Å². The van der Waals surface area contributed by atoms with E-state index in [0.717, 1.165) is 30.9 Å². The fraction of sp³-hybridized carbons (Fsp3) is 0.538. The highest BCUT2D eigenvalue weighted by Gasteiger charge is 2.15. The summed E-state index contributed by atoms with van der Waals surface area (Å²) in [5.41, 5.74) is 1.42. The summed E-state index contributed by atoms with van der Waals surface area (Å²) in [6.07, 6.45) is 2.95. The molecule has 0 bridgehead atoms. The molecule has 0 radical (unpaired) electrons. The molecule has 0 amide bonds. The number of hydrogen-bond acceptors (Lipinski definition) is 0. The van der Waals surface area contributed by atoms with Gasteiger partial charge in [-0.1, -0.05) is 20.3 Å². The van der Waals surface area contributed by atoms with Gasteiger partial charge in [-0.2, -0.15) is 0 Å². The first kappa shape index (κ1) is 12.2. The van der Waals surface area contributed by atoms with Crippen molar-refractivity contribution < 1.29 is 8.78 Å². The summed E-state index contributed by atoms with van der Waals surface area (Å²) in [5, 5.41) is 0. The van der Waals surface area contributed by atoms with E-state index in [1.165, 1.54) is 6.07 Å². The van der Waals surface area contributed by atoms with Crippen LogP contribution < -0.4 is 0 Å².